The lowest BCUT2D eigenvalue weighted by Gasteiger charge is -2.10. The summed E-state index contributed by atoms with van der Waals surface area (Å²) >= 11 is 3.38. The van der Waals surface area contributed by atoms with Gasteiger partial charge in [-0.2, -0.15) is 0 Å². The van der Waals surface area contributed by atoms with Gasteiger partial charge in [0.1, 0.15) is 11.6 Å². The van der Waals surface area contributed by atoms with E-state index in [2.05, 4.69) is 26.2 Å². The van der Waals surface area contributed by atoms with Gasteiger partial charge in [0.15, 0.2) is 0 Å². The van der Waals surface area contributed by atoms with Crippen LogP contribution in [0.4, 0.5) is 5.82 Å². The lowest BCUT2D eigenvalue weighted by Crippen LogP contribution is -2.16. The van der Waals surface area contributed by atoms with E-state index in [0.717, 1.165) is 15.6 Å². The maximum Gasteiger partial charge on any atom is 0.230 e. The van der Waals surface area contributed by atoms with Crippen molar-refractivity contribution in [1.82, 2.24) is 4.98 Å². The number of methoxy groups -OCH3 is 1. The molecule has 2 aromatic rings. The van der Waals surface area contributed by atoms with Crippen LogP contribution in [0.5, 0.6) is 5.75 Å². The fourth-order valence-corrected chi connectivity index (χ4v) is 2.17. The number of anilines is 1. The number of hydrogen-bond acceptors (Lipinski definition) is 3. The van der Waals surface area contributed by atoms with E-state index in [-0.39, 0.29) is 12.3 Å². The fraction of sp³-hybridized carbons (Fsp3) is 0.200. The van der Waals surface area contributed by atoms with Gasteiger partial charge < -0.3 is 10.1 Å². The highest BCUT2D eigenvalue weighted by Gasteiger charge is 2.10. The predicted molar refractivity (Wildman–Crippen MR) is 82.0 cm³/mol. The van der Waals surface area contributed by atoms with E-state index in [0.29, 0.717) is 11.6 Å². The van der Waals surface area contributed by atoms with Crippen molar-refractivity contribution in [3.8, 4) is 5.75 Å². The Morgan fingerprint density at radius 2 is 2.20 bits per heavy atom. The van der Waals surface area contributed by atoms with Gasteiger partial charge in [0.05, 0.1) is 13.5 Å². The van der Waals surface area contributed by atoms with E-state index in [4.69, 9.17) is 4.74 Å². The van der Waals surface area contributed by atoms with Crippen molar-refractivity contribution in [3.05, 3.63) is 52.1 Å². The molecule has 1 N–H and O–H groups in total. The molecule has 1 aromatic carbocycles. The Bertz CT molecular complexity index is 629. The molecule has 0 aliphatic heterocycles. The Morgan fingerprint density at radius 3 is 2.90 bits per heavy atom. The SMILES string of the molecule is COc1cc(Br)ccc1CC(=O)Nc1ncccc1C. The quantitative estimate of drug-likeness (QED) is 0.932. The van der Waals surface area contributed by atoms with Crippen molar-refractivity contribution in [1.29, 1.82) is 0 Å². The molecule has 0 saturated heterocycles. The lowest BCUT2D eigenvalue weighted by atomic mass is 10.1. The topological polar surface area (TPSA) is 51.2 Å². The van der Waals surface area contributed by atoms with Gasteiger partial charge in [0.2, 0.25) is 5.91 Å². The van der Waals surface area contributed by atoms with Crippen molar-refractivity contribution in [2.24, 2.45) is 0 Å². The van der Waals surface area contributed by atoms with Crippen LogP contribution in [-0.4, -0.2) is 18.0 Å². The zero-order chi connectivity index (χ0) is 14.5. The third-order valence-corrected chi connectivity index (χ3v) is 3.36. The Labute approximate surface area is 126 Å². The lowest BCUT2D eigenvalue weighted by molar-refractivity contribution is -0.115. The predicted octanol–water partition coefficient (Wildman–Crippen LogP) is 3.34. The third-order valence-electron chi connectivity index (χ3n) is 2.87. The van der Waals surface area contributed by atoms with Crippen LogP contribution in [0.25, 0.3) is 0 Å². The summed E-state index contributed by atoms with van der Waals surface area (Å²) in [6, 6.07) is 9.34. The number of amides is 1. The first-order valence-electron chi connectivity index (χ1n) is 6.14. The third kappa shape index (κ3) is 3.57. The van der Waals surface area contributed by atoms with Crippen LogP contribution in [0.1, 0.15) is 11.1 Å². The summed E-state index contributed by atoms with van der Waals surface area (Å²) < 4.78 is 6.19. The molecule has 2 rings (SSSR count). The van der Waals surface area contributed by atoms with E-state index >= 15 is 0 Å². The number of benzene rings is 1. The van der Waals surface area contributed by atoms with Crippen LogP contribution in [0.15, 0.2) is 41.0 Å². The Hall–Kier alpha value is -1.88. The largest absolute Gasteiger partial charge is 0.496 e. The van der Waals surface area contributed by atoms with Gasteiger partial charge in [-0.05, 0) is 30.7 Å². The first-order valence-corrected chi connectivity index (χ1v) is 6.93. The highest BCUT2D eigenvalue weighted by Crippen LogP contribution is 2.24. The summed E-state index contributed by atoms with van der Waals surface area (Å²) in [6.07, 6.45) is 1.90. The van der Waals surface area contributed by atoms with E-state index in [1.54, 1.807) is 13.3 Å². The number of nitrogens with zero attached hydrogens (tertiary/aromatic N) is 1. The van der Waals surface area contributed by atoms with Gasteiger partial charge in [0, 0.05) is 16.2 Å². The number of aromatic nitrogens is 1. The van der Waals surface area contributed by atoms with Crippen molar-refractivity contribution in [2.75, 3.05) is 12.4 Å². The van der Waals surface area contributed by atoms with E-state index in [1.165, 1.54) is 0 Å². The Morgan fingerprint density at radius 1 is 1.40 bits per heavy atom. The molecule has 0 aliphatic rings. The van der Waals surface area contributed by atoms with Gasteiger partial charge in [-0.25, -0.2) is 4.98 Å². The highest BCUT2D eigenvalue weighted by atomic mass is 79.9. The molecule has 104 valence electrons. The molecule has 5 heteroatoms. The number of pyridine rings is 1. The number of nitrogens with one attached hydrogen (secondary N) is 1. The summed E-state index contributed by atoms with van der Waals surface area (Å²) in [5.41, 5.74) is 1.77. The molecule has 0 radical (unpaired) electrons. The number of halogens is 1. The zero-order valence-corrected chi connectivity index (χ0v) is 12.9. The van der Waals surface area contributed by atoms with Crippen LogP contribution in [0, 0.1) is 6.92 Å². The molecule has 0 saturated carbocycles. The molecule has 0 spiro atoms. The van der Waals surface area contributed by atoms with Crippen LogP contribution < -0.4 is 10.1 Å². The number of aryl methyl sites for hydroxylation is 1. The summed E-state index contributed by atoms with van der Waals surface area (Å²) in [5, 5.41) is 2.81. The molecular weight excluding hydrogens is 320 g/mol. The summed E-state index contributed by atoms with van der Waals surface area (Å²) in [6.45, 7) is 1.91. The maximum absolute atomic E-state index is 12.1. The second kappa shape index (κ2) is 6.52. The first-order chi connectivity index (χ1) is 9.60. The molecule has 0 aliphatic carbocycles. The molecule has 0 unspecified atom stereocenters. The zero-order valence-electron chi connectivity index (χ0n) is 11.3. The molecule has 0 fully saturated rings. The molecule has 0 bridgehead atoms. The second-order valence-electron chi connectivity index (χ2n) is 4.35. The van der Waals surface area contributed by atoms with Crippen molar-refractivity contribution in [2.45, 2.75) is 13.3 Å². The van der Waals surface area contributed by atoms with E-state index < -0.39 is 0 Å². The van der Waals surface area contributed by atoms with E-state index in [1.807, 2.05) is 37.3 Å². The van der Waals surface area contributed by atoms with Gasteiger partial charge in [-0.3, -0.25) is 4.79 Å². The number of carbonyl (C=O) groups is 1. The molecular formula is C15H15BrN2O2. The minimum Gasteiger partial charge on any atom is -0.496 e. The minimum atomic E-state index is -0.118. The van der Waals surface area contributed by atoms with Crippen LogP contribution >= 0.6 is 15.9 Å². The average Bonchev–Trinajstić information content (AvgIpc) is 2.43. The van der Waals surface area contributed by atoms with Crippen molar-refractivity contribution >= 4 is 27.7 Å². The van der Waals surface area contributed by atoms with Crippen LogP contribution in [-0.2, 0) is 11.2 Å². The number of rotatable bonds is 4. The summed E-state index contributed by atoms with van der Waals surface area (Å²) in [4.78, 5) is 16.2. The number of ether oxygens (including phenoxy) is 1. The Kier molecular flexibility index (Phi) is 4.74. The normalized spacial score (nSPS) is 10.2. The molecule has 0 atom stereocenters. The van der Waals surface area contributed by atoms with Gasteiger partial charge in [-0.1, -0.05) is 28.1 Å². The van der Waals surface area contributed by atoms with Crippen LogP contribution in [0.3, 0.4) is 0 Å². The summed E-state index contributed by atoms with van der Waals surface area (Å²) in [7, 11) is 1.59. The second-order valence-corrected chi connectivity index (χ2v) is 5.27. The highest BCUT2D eigenvalue weighted by molar-refractivity contribution is 9.10. The van der Waals surface area contributed by atoms with Gasteiger partial charge in [0.25, 0.3) is 0 Å². The molecule has 1 aromatic heterocycles. The van der Waals surface area contributed by atoms with Crippen molar-refractivity contribution < 1.29 is 9.53 Å². The van der Waals surface area contributed by atoms with E-state index in [9.17, 15) is 4.79 Å². The standard InChI is InChI=1S/C15H15BrN2O2/c1-10-4-3-7-17-15(10)18-14(19)8-11-5-6-12(16)9-13(11)20-2/h3-7,9H,8H2,1-2H3,(H,17,18,19). The number of carbonyl (C=O) groups excluding carboxylic acids is 1. The maximum atomic E-state index is 12.1. The van der Waals surface area contributed by atoms with Gasteiger partial charge >= 0.3 is 0 Å². The summed E-state index contributed by atoms with van der Waals surface area (Å²) in [5.74, 6) is 1.16. The molecule has 20 heavy (non-hydrogen) atoms. The molecule has 4 nitrogen and oxygen atoms in total. The number of hydrogen-bond donors (Lipinski definition) is 1. The van der Waals surface area contributed by atoms with Gasteiger partial charge in [-0.15, -0.1) is 0 Å². The first kappa shape index (κ1) is 14.5. The average molecular weight is 335 g/mol. The van der Waals surface area contributed by atoms with Crippen molar-refractivity contribution in [3.63, 3.8) is 0 Å². The smallest absolute Gasteiger partial charge is 0.230 e. The molecule has 1 heterocycles. The monoisotopic (exact) mass is 334 g/mol. The minimum absolute atomic E-state index is 0.118. The molecule has 1 amide bonds. The Balaban J connectivity index is 2.11. The fourth-order valence-electron chi connectivity index (χ4n) is 1.83. The van der Waals surface area contributed by atoms with Crippen LogP contribution in [0.2, 0.25) is 0 Å².